The average Bonchev–Trinajstić information content (AvgIpc) is 2.82. The van der Waals surface area contributed by atoms with E-state index < -0.39 is 0 Å². The highest BCUT2D eigenvalue weighted by Crippen LogP contribution is 2.19. The van der Waals surface area contributed by atoms with Crippen molar-refractivity contribution in [1.29, 1.82) is 0 Å². The van der Waals surface area contributed by atoms with Gasteiger partial charge in [0.1, 0.15) is 6.54 Å². The maximum absolute atomic E-state index is 13.3. The summed E-state index contributed by atoms with van der Waals surface area (Å²) in [6.07, 6.45) is 0. The molecule has 1 heterocycles. The number of carbonyl (C=O) groups is 1. The zero-order chi connectivity index (χ0) is 22.3. The monoisotopic (exact) mass is 487 g/mol. The van der Waals surface area contributed by atoms with Gasteiger partial charge in [-0.3, -0.25) is 9.59 Å². The lowest BCUT2D eigenvalue weighted by molar-refractivity contribution is -0.133. The minimum Gasteiger partial charge on any atom is -0.332 e. The van der Waals surface area contributed by atoms with Crippen molar-refractivity contribution in [2.24, 2.45) is 0 Å². The van der Waals surface area contributed by atoms with E-state index in [1.54, 1.807) is 11.0 Å². The Morgan fingerprint density at radius 3 is 1.91 bits per heavy atom. The van der Waals surface area contributed by atoms with Crippen LogP contribution in [0.5, 0.6) is 0 Å². The van der Waals surface area contributed by atoms with Crippen LogP contribution in [0.3, 0.4) is 0 Å². The SMILES string of the molecule is O=C(Cn1nc(-c2ccc(Br)cc2)ccc1=O)N(Cc1ccccc1)Cc1ccccc1. The Morgan fingerprint density at radius 1 is 0.781 bits per heavy atom. The van der Waals surface area contributed by atoms with Crippen LogP contribution in [0.2, 0.25) is 0 Å². The fourth-order valence-electron chi connectivity index (χ4n) is 3.40. The highest BCUT2D eigenvalue weighted by atomic mass is 79.9. The van der Waals surface area contributed by atoms with Gasteiger partial charge in [-0.1, -0.05) is 88.7 Å². The lowest BCUT2D eigenvalue weighted by atomic mass is 10.1. The molecule has 0 spiro atoms. The first-order valence-corrected chi connectivity index (χ1v) is 11.1. The van der Waals surface area contributed by atoms with Crippen LogP contribution in [0.4, 0.5) is 0 Å². The van der Waals surface area contributed by atoms with Gasteiger partial charge in [0.2, 0.25) is 5.91 Å². The van der Waals surface area contributed by atoms with E-state index in [0.717, 1.165) is 21.2 Å². The molecular formula is C26H22BrN3O2. The summed E-state index contributed by atoms with van der Waals surface area (Å²) < 4.78 is 2.20. The molecule has 0 aliphatic rings. The summed E-state index contributed by atoms with van der Waals surface area (Å²) in [5.74, 6) is -0.166. The molecule has 0 aliphatic carbocycles. The molecule has 1 aromatic heterocycles. The second-order valence-corrected chi connectivity index (χ2v) is 8.36. The van der Waals surface area contributed by atoms with Crippen LogP contribution >= 0.6 is 15.9 Å². The van der Waals surface area contributed by atoms with E-state index >= 15 is 0 Å². The normalized spacial score (nSPS) is 10.7. The van der Waals surface area contributed by atoms with E-state index in [9.17, 15) is 9.59 Å². The van der Waals surface area contributed by atoms with Gasteiger partial charge in [0.25, 0.3) is 5.56 Å². The smallest absolute Gasteiger partial charge is 0.267 e. The predicted molar refractivity (Wildman–Crippen MR) is 129 cm³/mol. The van der Waals surface area contributed by atoms with Gasteiger partial charge in [-0.25, -0.2) is 4.68 Å². The Morgan fingerprint density at radius 2 is 1.34 bits per heavy atom. The third kappa shape index (κ3) is 5.59. The van der Waals surface area contributed by atoms with Gasteiger partial charge in [-0.2, -0.15) is 5.10 Å². The molecular weight excluding hydrogens is 466 g/mol. The van der Waals surface area contributed by atoms with Gasteiger partial charge in [0, 0.05) is 29.2 Å². The average molecular weight is 488 g/mol. The first kappa shape index (κ1) is 21.7. The maximum Gasteiger partial charge on any atom is 0.267 e. The molecule has 0 atom stereocenters. The highest BCUT2D eigenvalue weighted by molar-refractivity contribution is 9.10. The lowest BCUT2D eigenvalue weighted by Gasteiger charge is -2.23. The van der Waals surface area contributed by atoms with E-state index in [2.05, 4.69) is 21.0 Å². The second-order valence-electron chi connectivity index (χ2n) is 7.44. The second kappa shape index (κ2) is 10.2. The van der Waals surface area contributed by atoms with Crippen molar-refractivity contribution in [3.8, 4) is 11.3 Å². The van der Waals surface area contributed by atoms with Crippen molar-refractivity contribution in [1.82, 2.24) is 14.7 Å². The summed E-state index contributed by atoms with van der Waals surface area (Å²) >= 11 is 3.42. The molecule has 0 fully saturated rings. The highest BCUT2D eigenvalue weighted by Gasteiger charge is 2.17. The summed E-state index contributed by atoms with van der Waals surface area (Å²) in [5.41, 5.74) is 3.27. The van der Waals surface area contributed by atoms with E-state index in [1.165, 1.54) is 10.7 Å². The van der Waals surface area contributed by atoms with Crippen LogP contribution in [0, 0.1) is 0 Å². The molecule has 160 valence electrons. The van der Waals surface area contributed by atoms with Crippen molar-refractivity contribution in [2.75, 3.05) is 0 Å². The number of carbonyl (C=O) groups excluding carboxylic acids is 1. The fourth-order valence-corrected chi connectivity index (χ4v) is 3.67. The standard InChI is InChI=1S/C26H22BrN3O2/c27-23-13-11-22(12-14-23)24-15-16-25(31)30(28-24)19-26(32)29(17-20-7-3-1-4-8-20)18-21-9-5-2-6-10-21/h1-16H,17-19H2. The molecule has 4 aromatic rings. The Bertz CT molecular complexity index is 1200. The van der Waals surface area contributed by atoms with Crippen molar-refractivity contribution < 1.29 is 4.79 Å². The van der Waals surface area contributed by atoms with Gasteiger partial charge in [0.05, 0.1) is 5.69 Å². The molecule has 32 heavy (non-hydrogen) atoms. The summed E-state index contributed by atoms with van der Waals surface area (Å²) in [6, 6.07) is 30.5. The first-order chi connectivity index (χ1) is 15.6. The third-order valence-corrected chi connectivity index (χ3v) is 5.61. The van der Waals surface area contributed by atoms with Crippen LogP contribution in [-0.4, -0.2) is 20.6 Å². The summed E-state index contributed by atoms with van der Waals surface area (Å²) in [4.78, 5) is 27.5. The Balaban J connectivity index is 1.59. The first-order valence-electron chi connectivity index (χ1n) is 10.3. The summed E-state index contributed by atoms with van der Waals surface area (Å²) in [5, 5.41) is 4.45. The summed E-state index contributed by atoms with van der Waals surface area (Å²) in [7, 11) is 0. The molecule has 0 radical (unpaired) electrons. The number of benzene rings is 3. The number of aromatic nitrogens is 2. The number of hydrogen-bond donors (Lipinski definition) is 0. The molecule has 0 bridgehead atoms. The largest absolute Gasteiger partial charge is 0.332 e. The molecule has 6 heteroatoms. The predicted octanol–water partition coefficient (Wildman–Crippen LogP) is 4.90. The van der Waals surface area contributed by atoms with Crippen LogP contribution < -0.4 is 5.56 Å². The van der Waals surface area contributed by atoms with Crippen LogP contribution in [-0.2, 0) is 24.4 Å². The fraction of sp³-hybridized carbons (Fsp3) is 0.115. The van der Waals surface area contributed by atoms with Gasteiger partial charge in [-0.05, 0) is 29.3 Å². The zero-order valence-corrected chi connectivity index (χ0v) is 19.0. The van der Waals surface area contributed by atoms with Gasteiger partial charge >= 0.3 is 0 Å². The number of halogens is 1. The number of rotatable bonds is 7. The molecule has 0 saturated carbocycles. The van der Waals surface area contributed by atoms with Crippen molar-refractivity contribution in [2.45, 2.75) is 19.6 Å². The van der Waals surface area contributed by atoms with Crippen LogP contribution in [0.15, 0.2) is 106 Å². The molecule has 1 amide bonds. The molecule has 0 aliphatic heterocycles. The van der Waals surface area contributed by atoms with Crippen molar-refractivity contribution in [3.05, 3.63) is 123 Å². The van der Waals surface area contributed by atoms with Crippen molar-refractivity contribution >= 4 is 21.8 Å². The van der Waals surface area contributed by atoms with Crippen LogP contribution in [0.25, 0.3) is 11.3 Å². The number of nitrogens with zero attached hydrogens (tertiary/aromatic N) is 3. The molecule has 3 aromatic carbocycles. The third-order valence-electron chi connectivity index (χ3n) is 5.08. The molecule has 0 saturated heterocycles. The van der Waals surface area contributed by atoms with Gasteiger partial charge in [0.15, 0.2) is 0 Å². The van der Waals surface area contributed by atoms with E-state index in [1.807, 2.05) is 84.9 Å². The van der Waals surface area contributed by atoms with Crippen LogP contribution in [0.1, 0.15) is 11.1 Å². The lowest BCUT2D eigenvalue weighted by Crippen LogP contribution is -2.36. The Labute approximate surface area is 195 Å². The van der Waals surface area contributed by atoms with Gasteiger partial charge in [-0.15, -0.1) is 0 Å². The minimum absolute atomic E-state index is 0.122. The van der Waals surface area contributed by atoms with Gasteiger partial charge < -0.3 is 4.90 Å². The maximum atomic E-state index is 13.3. The minimum atomic E-state index is -0.307. The van der Waals surface area contributed by atoms with E-state index in [0.29, 0.717) is 18.8 Å². The number of amides is 1. The zero-order valence-electron chi connectivity index (χ0n) is 17.4. The topological polar surface area (TPSA) is 55.2 Å². The summed E-state index contributed by atoms with van der Waals surface area (Å²) in [6.45, 7) is 0.786. The molecule has 0 unspecified atom stereocenters. The molecule has 4 rings (SSSR count). The quantitative estimate of drug-likeness (QED) is 0.372. The Kier molecular flexibility index (Phi) is 6.92. The van der Waals surface area contributed by atoms with Crippen molar-refractivity contribution in [3.63, 3.8) is 0 Å². The number of hydrogen-bond acceptors (Lipinski definition) is 3. The molecule has 0 N–H and O–H groups in total. The Hall–Kier alpha value is -3.51. The van der Waals surface area contributed by atoms with E-state index in [-0.39, 0.29) is 18.0 Å². The molecule has 5 nitrogen and oxygen atoms in total. The van der Waals surface area contributed by atoms with E-state index in [4.69, 9.17) is 0 Å².